The van der Waals surface area contributed by atoms with Gasteiger partial charge in [-0.15, -0.1) is 0 Å². The lowest BCUT2D eigenvalue weighted by molar-refractivity contribution is 0.0574. The normalized spacial score (nSPS) is 21.8. The lowest BCUT2D eigenvalue weighted by Gasteiger charge is -2.26. The minimum Gasteiger partial charge on any atom is -0.376 e. The molecule has 1 amide bonds. The predicted molar refractivity (Wildman–Crippen MR) is 78.9 cm³/mol. The first-order valence-corrected chi connectivity index (χ1v) is 7.22. The largest absolute Gasteiger partial charge is 0.376 e. The zero-order valence-electron chi connectivity index (χ0n) is 12.4. The van der Waals surface area contributed by atoms with E-state index < -0.39 is 0 Å². The van der Waals surface area contributed by atoms with Crippen LogP contribution < -0.4 is 5.32 Å². The van der Waals surface area contributed by atoms with E-state index in [1.54, 1.807) is 17.2 Å². The predicted octanol–water partition coefficient (Wildman–Crippen LogP) is 2.15. The Kier molecular flexibility index (Phi) is 4.95. The number of nitrogens with one attached hydrogen (secondary N) is 1. The summed E-state index contributed by atoms with van der Waals surface area (Å²) in [7, 11) is 1.84. The Morgan fingerprint density at radius 1 is 1.60 bits per heavy atom. The summed E-state index contributed by atoms with van der Waals surface area (Å²) in [4.78, 5) is 18.5. The highest BCUT2D eigenvalue weighted by Gasteiger charge is 2.31. The van der Waals surface area contributed by atoms with Gasteiger partial charge in [-0.05, 0) is 31.9 Å². The quantitative estimate of drug-likeness (QED) is 0.896. The first-order valence-electron chi connectivity index (χ1n) is 7.22. The van der Waals surface area contributed by atoms with E-state index in [0.29, 0.717) is 5.56 Å². The van der Waals surface area contributed by atoms with Crippen molar-refractivity contribution in [3.05, 3.63) is 23.9 Å². The van der Waals surface area contributed by atoms with Gasteiger partial charge in [-0.25, -0.2) is 4.98 Å². The molecule has 2 heterocycles. The summed E-state index contributed by atoms with van der Waals surface area (Å²) in [6.07, 6.45) is 3.70. The van der Waals surface area contributed by atoms with E-state index in [1.807, 2.05) is 20.0 Å². The monoisotopic (exact) mass is 277 g/mol. The summed E-state index contributed by atoms with van der Waals surface area (Å²) >= 11 is 0. The number of hydrogen-bond donors (Lipinski definition) is 1. The first kappa shape index (κ1) is 14.8. The summed E-state index contributed by atoms with van der Waals surface area (Å²) in [5.41, 5.74) is 0.667. The molecule has 1 saturated heterocycles. The van der Waals surface area contributed by atoms with Crippen molar-refractivity contribution in [1.29, 1.82) is 0 Å². The fraction of sp³-hybridized carbons (Fsp3) is 0.600. The Morgan fingerprint density at radius 2 is 2.40 bits per heavy atom. The van der Waals surface area contributed by atoms with E-state index in [4.69, 9.17) is 4.74 Å². The Morgan fingerprint density at radius 3 is 3.05 bits per heavy atom. The number of carbonyl (C=O) groups excluding carboxylic acids is 1. The Bertz CT molecular complexity index is 464. The summed E-state index contributed by atoms with van der Waals surface area (Å²) in [5.74, 6) is 0.774. The van der Waals surface area contributed by atoms with Gasteiger partial charge in [0.1, 0.15) is 5.82 Å². The maximum Gasteiger partial charge on any atom is 0.254 e. The van der Waals surface area contributed by atoms with Crippen LogP contribution in [-0.2, 0) is 4.74 Å². The minimum absolute atomic E-state index is 0.0225. The van der Waals surface area contributed by atoms with Gasteiger partial charge in [-0.3, -0.25) is 4.79 Å². The molecule has 2 unspecified atom stereocenters. The molecule has 20 heavy (non-hydrogen) atoms. The van der Waals surface area contributed by atoms with Crippen molar-refractivity contribution in [3.8, 4) is 0 Å². The summed E-state index contributed by atoms with van der Waals surface area (Å²) in [5, 5.41) is 3.20. The molecule has 1 aromatic rings. The third-order valence-corrected chi connectivity index (χ3v) is 3.72. The van der Waals surface area contributed by atoms with Crippen LogP contribution in [0.25, 0.3) is 0 Å². The van der Waals surface area contributed by atoms with Crippen LogP contribution in [0.5, 0.6) is 0 Å². The van der Waals surface area contributed by atoms with Crippen molar-refractivity contribution in [2.45, 2.75) is 38.8 Å². The van der Waals surface area contributed by atoms with Crippen molar-refractivity contribution in [3.63, 3.8) is 0 Å². The molecule has 0 saturated carbocycles. The summed E-state index contributed by atoms with van der Waals surface area (Å²) < 4.78 is 5.53. The van der Waals surface area contributed by atoms with Crippen molar-refractivity contribution in [2.24, 2.45) is 0 Å². The van der Waals surface area contributed by atoms with E-state index in [0.717, 1.165) is 31.8 Å². The highest BCUT2D eigenvalue weighted by molar-refractivity contribution is 5.94. The second kappa shape index (κ2) is 6.70. The molecule has 1 fully saturated rings. The number of aromatic nitrogens is 1. The average molecular weight is 277 g/mol. The Labute approximate surface area is 120 Å². The van der Waals surface area contributed by atoms with Gasteiger partial charge < -0.3 is 15.0 Å². The van der Waals surface area contributed by atoms with Crippen LogP contribution in [0.4, 0.5) is 5.82 Å². The van der Waals surface area contributed by atoms with E-state index in [1.165, 1.54) is 0 Å². The number of likely N-dealkylation sites (N-methyl/N-ethyl adjacent to an activating group) is 1. The third-order valence-electron chi connectivity index (χ3n) is 3.72. The van der Waals surface area contributed by atoms with Gasteiger partial charge in [0.15, 0.2) is 0 Å². The molecule has 5 heteroatoms. The van der Waals surface area contributed by atoms with Crippen molar-refractivity contribution in [2.75, 3.05) is 25.5 Å². The molecule has 1 aliphatic rings. The fourth-order valence-electron chi connectivity index (χ4n) is 2.50. The van der Waals surface area contributed by atoms with Crippen LogP contribution in [0, 0.1) is 0 Å². The van der Waals surface area contributed by atoms with Crippen LogP contribution in [0.3, 0.4) is 0 Å². The molecule has 1 aromatic heterocycles. The SMILES string of the molecule is CCCNc1cc(C(=O)N(C)C2CCOC2C)ccn1. The average Bonchev–Trinajstić information content (AvgIpc) is 2.90. The highest BCUT2D eigenvalue weighted by Crippen LogP contribution is 2.20. The molecule has 0 bridgehead atoms. The van der Waals surface area contributed by atoms with E-state index in [-0.39, 0.29) is 18.1 Å². The second-order valence-electron chi connectivity index (χ2n) is 5.20. The minimum atomic E-state index is 0.0225. The molecule has 0 spiro atoms. The number of hydrogen-bond acceptors (Lipinski definition) is 4. The molecule has 2 rings (SSSR count). The van der Waals surface area contributed by atoms with E-state index in [9.17, 15) is 4.79 Å². The van der Waals surface area contributed by atoms with Gasteiger partial charge in [-0.1, -0.05) is 6.92 Å². The lowest BCUT2D eigenvalue weighted by Crippen LogP contribution is -2.41. The fourth-order valence-corrected chi connectivity index (χ4v) is 2.50. The Hall–Kier alpha value is -1.62. The Balaban J connectivity index is 2.08. The van der Waals surface area contributed by atoms with Gasteiger partial charge in [0.2, 0.25) is 0 Å². The number of amides is 1. The van der Waals surface area contributed by atoms with Crippen LogP contribution in [-0.4, -0.2) is 48.1 Å². The number of ether oxygens (including phenoxy) is 1. The van der Waals surface area contributed by atoms with E-state index >= 15 is 0 Å². The van der Waals surface area contributed by atoms with Crippen LogP contribution in [0.1, 0.15) is 37.0 Å². The van der Waals surface area contributed by atoms with Crippen LogP contribution >= 0.6 is 0 Å². The van der Waals surface area contributed by atoms with Gasteiger partial charge >= 0.3 is 0 Å². The second-order valence-corrected chi connectivity index (χ2v) is 5.20. The summed E-state index contributed by atoms with van der Waals surface area (Å²) in [6, 6.07) is 3.73. The van der Waals surface area contributed by atoms with Gasteiger partial charge in [0, 0.05) is 32.0 Å². The van der Waals surface area contributed by atoms with Crippen molar-refractivity contribution >= 4 is 11.7 Å². The topological polar surface area (TPSA) is 54.5 Å². The van der Waals surface area contributed by atoms with Crippen LogP contribution in [0.2, 0.25) is 0 Å². The first-order chi connectivity index (χ1) is 9.63. The number of anilines is 1. The number of carbonyl (C=O) groups is 1. The maximum atomic E-state index is 12.5. The van der Waals surface area contributed by atoms with Gasteiger partial charge in [0.05, 0.1) is 12.1 Å². The number of pyridine rings is 1. The van der Waals surface area contributed by atoms with E-state index in [2.05, 4.69) is 17.2 Å². The molecule has 110 valence electrons. The number of nitrogens with zero attached hydrogens (tertiary/aromatic N) is 2. The van der Waals surface area contributed by atoms with Crippen molar-refractivity contribution in [1.82, 2.24) is 9.88 Å². The maximum absolute atomic E-state index is 12.5. The van der Waals surface area contributed by atoms with Crippen molar-refractivity contribution < 1.29 is 9.53 Å². The zero-order chi connectivity index (χ0) is 14.5. The molecule has 0 aromatic carbocycles. The molecule has 0 radical (unpaired) electrons. The third kappa shape index (κ3) is 3.28. The lowest BCUT2D eigenvalue weighted by atomic mass is 10.1. The molecule has 1 aliphatic heterocycles. The molecule has 5 nitrogen and oxygen atoms in total. The summed E-state index contributed by atoms with van der Waals surface area (Å²) in [6.45, 7) is 5.69. The molecule has 1 N–H and O–H groups in total. The molecular weight excluding hydrogens is 254 g/mol. The number of rotatable bonds is 5. The van der Waals surface area contributed by atoms with Crippen LogP contribution in [0.15, 0.2) is 18.3 Å². The molecule has 2 atom stereocenters. The smallest absolute Gasteiger partial charge is 0.254 e. The zero-order valence-corrected chi connectivity index (χ0v) is 12.4. The molecule has 0 aliphatic carbocycles. The van der Waals surface area contributed by atoms with Gasteiger partial charge in [-0.2, -0.15) is 0 Å². The highest BCUT2D eigenvalue weighted by atomic mass is 16.5. The van der Waals surface area contributed by atoms with Gasteiger partial charge in [0.25, 0.3) is 5.91 Å². The standard InChI is InChI=1S/C15H23N3O2/c1-4-7-16-14-10-12(5-8-17-14)15(19)18(3)13-6-9-20-11(13)2/h5,8,10-11,13H,4,6-7,9H2,1-3H3,(H,16,17). The molecular formula is C15H23N3O2.